The standard InChI is InChI=1S/C51H32N2OS/c1-3-9-33(10-4-1)34-19-24-40(25-20-34)53(42-28-29-44-43-13-7-8-14-47(43)55-48(44)32-42)41-26-21-35(22-27-41)39-18-16-36-15-17-37-23-30-46-50(49(37)45(36)31-39)52-51(54-46)38-11-5-2-6-12-38/h1-32H. The first-order valence-electron chi connectivity index (χ1n) is 18.5. The molecule has 0 saturated carbocycles. The van der Waals surface area contributed by atoms with Crippen molar-refractivity contribution in [2.45, 2.75) is 0 Å². The molecular weight excluding hydrogens is 689 g/mol. The lowest BCUT2D eigenvalue weighted by atomic mass is 9.96. The topological polar surface area (TPSA) is 29.3 Å². The van der Waals surface area contributed by atoms with Crippen LogP contribution in [0.2, 0.25) is 0 Å². The van der Waals surface area contributed by atoms with Gasteiger partial charge in [0.1, 0.15) is 5.52 Å². The van der Waals surface area contributed by atoms with Crippen molar-refractivity contribution >= 4 is 81.2 Å². The number of thiophene rings is 1. The predicted molar refractivity (Wildman–Crippen MR) is 233 cm³/mol. The average Bonchev–Trinajstić information content (AvgIpc) is 3.86. The summed E-state index contributed by atoms with van der Waals surface area (Å²) in [5.74, 6) is 0.637. The van der Waals surface area contributed by atoms with Crippen molar-refractivity contribution in [3.05, 3.63) is 194 Å². The highest BCUT2D eigenvalue weighted by atomic mass is 32.1. The van der Waals surface area contributed by atoms with Gasteiger partial charge in [0.25, 0.3) is 0 Å². The first-order chi connectivity index (χ1) is 27.2. The molecule has 0 saturated heterocycles. The second kappa shape index (κ2) is 12.8. The van der Waals surface area contributed by atoms with Gasteiger partial charge in [0.05, 0.1) is 0 Å². The third kappa shape index (κ3) is 5.46. The van der Waals surface area contributed by atoms with E-state index >= 15 is 0 Å². The molecule has 0 bridgehead atoms. The van der Waals surface area contributed by atoms with Crippen LogP contribution < -0.4 is 4.90 Å². The zero-order valence-corrected chi connectivity index (χ0v) is 30.5. The van der Waals surface area contributed by atoms with Gasteiger partial charge in [-0.1, -0.05) is 127 Å². The van der Waals surface area contributed by atoms with Gasteiger partial charge < -0.3 is 9.32 Å². The van der Waals surface area contributed by atoms with Gasteiger partial charge in [0.2, 0.25) is 5.89 Å². The molecule has 0 atom stereocenters. The number of fused-ring (bicyclic) bond motifs is 8. The molecule has 55 heavy (non-hydrogen) atoms. The summed E-state index contributed by atoms with van der Waals surface area (Å²) in [7, 11) is 0. The fraction of sp³-hybridized carbons (Fsp3) is 0. The molecule has 0 fully saturated rings. The molecule has 0 radical (unpaired) electrons. The number of benzene rings is 9. The van der Waals surface area contributed by atoms with E-state index in [0.29, 0.717) is 5.89 Å². The van der Waals surface area contributed by atoms with E-state index < -0.39 is 0 Å². The van der Waals surface area contributed by atoms with E-state index in [2.05, 4.69) is 163 Å². The van der Waals surface area contributed by atoms with E-state index in [1.165, 1.54) is 36.7 Å². The zero-order valence-electron chi connectivity index (χ0n) is 29.7. The van der Waals surface area contributed by atoms with Crippen LogP contribution in [0.1, 0.15) is 0 Å². The molecule has 258 valence electrons. The molecule has 0 amide bonds. The fourth-order valence-corrected chi connectivity index (χ4v) is 9.09. The summed E-state index contributed by atoms with van der Waals surface area (Å²) in [6, 6.07) is 69.4. The summed E-state index contributed by atoms with van der Waals surface area (Å²) in [5.41, 5.74) is 10.7. The van der Waals surface area contributed by atoms with E-state index in [-0.39, 0.29) is 0 Å². The van der Waals surface area contributed by atoms with Crippen molar-refractivity contribution in [3.8, 4) is 33.7 Å². The number of rotatable bonds is 6. The van der Waals surface area contributed by atoms with Crippen molar-refractivity contribution in [1.29, 1.82) is 0 Å². The Kier molecular flexibility index (Phi) is 7.35. The van der Waals surface area contributed by atoms with Crippen molar-refractivity contribution < 1.29 is 4.42 Å². The minimum atomic E-state index is 0.637. The summed E-state index contributed by atoms with van der Waals surface area (Å²) in [4.78, 5) is 7.40. The Labute approximate surface area is 322 Å². The highest BCUT2D eigenvalue weighted by Crippen LogP contribution is 2.42. The normalized spacial score (nSPS) is 11.6. The largest absolute Gasteiger partial charge is 0.436 e. The van der Waals surface area contributed by atoms with Gasteiger partial charge in [-0.3, -0.25) is 0 Å². The lowest BCUT2D eigenvalue weighted by Gasteiger charge is -2.26. The van der Waals surface area contributed by atoms with Gasteiger partial charge in [0, 0.05) is 48.2 Å². The molecule has 0 N–H and O–H groups in total. The van der Waals surface area contributed by atoms with Crippen LogP contribution in [-0.4, -0.2) is 4.98 Å². The zero-order chi connectivity index (χ0) is 36.3. The second-order valence-electron chi connectivity index (χ2n) is 14.0. The quantitative estimate of drug-likeness (QED) is 0.160. The number of nitrogens with zero attached hydrogens (tertiary/aromatic N) is 2. The maximum atomic E-state index is 6.29. The smallest absolute Gasteiger partial charge is 0.227 e. The van der Waals surface area contributed by atoms with Gasteiger partial charge >= 0.3 is 0 Å². The molecule has 4 heteroatoms. The van der Waals surface area contributed by atoms with Crippen molar-refractivity contribution in [2.75, 3.05) is 4.90 Å². The summed E-state index contributed by atoms with van der Waals surface area (Å²) in [6.07, 6.45) is 0. The average molecular weight is 721 g/mol. The molecule has 0 aliphatic carbocycles. The lowest BCUT2D eigenvalue weighted by molar-refractivity contribution is 0.620. The van der Waals surface area contributed by atoms with Crippen LogP contribution in [0.5, 0.6) is 0 Å². The molecule has 0 aliphatic heterocycles. The van der Waals surface area contributed by atoms with Crippen molar-refractivity contribution in [3.63, 3.8) is 0 Å². The monoisotopic (exact) mass is 720 g/mol. The predicted octanol–water partition coefficient (Wildman–Crippen LogP) is 15.0. The second-order valence-corrected chi connectivity index (χ2v) is 15.1. The number of hydrogen-bond donors (Lipinski definition) is 0. The minimum absolute atomic E-state index is 0.637. The van der Waals surface area contributed by atoms with E-state index in [4.69, 9.17) is 9.40 Å². The minimum Gasteiger partial charge on any atom is -0.436 e. The third-order valence-electron chi connectivity index (χ3n) is 10.7. The molecule has 11 rings (SSSR count). The van der Waals surface area contributed by atoms with Crippen LogP contribution in [-0.2, 0) is 0 Å². The summed E-state index contributed by atoms with van der Waals surface area (Å²) in [5, 5.41) is 7.19. The molecule has 3 nitrogen and oxygen atoms in total. The molecule has 2 heterocycles. The number of hydrogen-bond acceptors (Lipinski definition) is 4. The van der Waals surface area contributed by atoms with Crippen LogP contribution >= 0.6 is 11.3 Å². The molecule has 2 aromatic heterocycles. The SMILES string of the molecule is c1ccc(-c2ccc(N(c3ccc(-c4ccc5ccc6ccc7oc(-c8ccccc8)nc7c6c5c4)cc3)c3ccc4c(c3)sc3ccccc34)cc2)cc1. The lowest BCUT2D eigenvalue weighted by Crippen LogP contribution is -2.09. The molecule has 0 aliphatic rings. The summed E-state index contributed by atoms with van der Waals surface area (Å²) >= 11 is 1.85. The number of oxazole rings is 1. The maximum absolute atomic E-state index is 6.29. The van der Waals surface area contributed by atoms with Crippen molar-refractivity contribution in [1.82, 2.24) is 4.98 Å². The van der Waals surface area contributed by atoms with E-state index in [1.54, 1.807) is 0 Å². The van der Waals surface area contributed by atoms with Gasteiger partial charge in [0.15, 0.2) is 5.58 Å². The van der Waals surface area contributed by atoms with Gasteiger partial charge in [-0.2, -0.15) is 0 Å². The molecule has 9 aromatic carbocycles. The van der Waals surface area contributed by atoms with E-state index in [0.717, 1.165) is 61.0 Å². The van der Waals surface area contributed by atoms with Crippen LogP contribution in [0.25, 0.3) is 86.5 Å². The molecule has 0 unspecified atom stereocenters. The van der Waals surface area contributed by atoms with Gasteiger partial charge in [-0.15, -0.1) is 11.3 Å². The van der Waals surface area contributed by atoms with E-state index in [1.807, 2.05) is 47.7 Å². The summed E-state index contributed by atoms with van der Waals surface area (Å²) in [6.45, 7) is 0. The van der Waals surface area contributed by atoms with E-state index in [9.17, 15) is 0 Å². The Bertz CT molecular complexity index is 3180. The molecular formula is C51H32N2OS. The maximum Gasteiger partial charge on any atom is 0.227 e. The van der Waals surface area contributed by atoms with Gasteiger partial charge in [-0.25, -0.2) is 4.98 Å². The molecule has 0 spiro atoms. The van der Waals surface area contributed by atoms with Gasteiger partial charge in [-0.05, 0) is 105 Å². The molecule has 11 aromatic rings. The Hall–Kier alpha value is -7.01. The third-order valence-corrected chi connectivity index (χ3v) is 11.8. The Balaban J connectivity index is 1.01. The highest BCUT2D eigenvalue weighted by Gasteiger charge is 2.17. The van der Waals surface area contributed by atoms with Crippen LogP contribution in [0.3, 0.4) is 0 Å². The van der Waals surface area contributed by atoms with Crippen molar-refractivity contribution in [2.24, 2.45) is 0 Å². The Morgan fingerprint density at radius 1 is 0.400 bits per heavy atom. The van der Waals surface area contributed by atoms with Crippen LogP contribution in [0.15, 0.2) is 199 Å². The Morgan fingerprint density at radius 3 is 1.73 bits per heavy atom. The first kappa shape index (κ1) is 31.5. The number of anilines is 3. The first-order valence-corrected chi connectivity index (χ1v) is 19.3. The fourth-order valence-electron chi connectivity index (χ4n) is 7.95. The Morgan fingerprint density at radius 2 is 0.964 bits per heavy atom. The summed E-state index contributed by atoms with van der Waals surface area (Å²) < 4.78 is 8.87. The number of aromatic nitrogens is 1. The van der Waals surface area contributed by atoms with Crippen LogP contribution in [0.4, 0.5) is 17.1 Å². The van der Waals surface area contributed by atoms with Crippen LogP contribution in [0, 0.1) is 0 Å². The highest BCUT2D eigenvalue weighted by molar-refractivity contribution is 7.25.